The highest BCUT2D eigenvalue weighted by Crippen LogP contribution is 2.53. The van der Waals surface area contributed by atoms with Gasteiger partial charge in [-0.25, -0.2) is 0 Å². The number of aromatic nitrogens is 1. The smallest absolute Gasteiger partial charge is 0.319 e. The van der Waals surface area contributed by atoms with Crippen LogP contribution in [0.1, 0.15) is 35.8 Å². The summed E-state index contributed by atoms with van der Waals surface area (Å²) >= 11 is 0. The highest BCUT2D eigenvalue weighted by molar-refractivity contribution is 6.03. The number of hydrogen-bond acceptors (Lipinski definition) is 5. The fourth-order valence-electron chi connectivity index (χ4n) is 5.82. The molecule has 0 saturated heterocycles. The molecular formula is C21H22N2O4. The second-order valence-electron chi connectivity index (χ2n) is 8.02. The van der Waals surface area contributed by atoms with E-state index in [4.69, 9.17) is 4.74 Å². The molecule has 0 radical (unpaired) electrons. The molecule has 1 aliphatic carbocycles. The van der Waals surface area contributed by atoms with Crippen LogP contribution in [0.2, 0.25) is 0 Å². The van der Waals surface area contributed by atoms with Gasteiger partial charge >= 0.3 is 5.97 Å². The van der Waals surface area contributed by atoms with E-state index in [0.717, 1.165) is 22.2 Å². The number of ketones is 1. The minimum Gasteiger partial charge on any atom is -0.468 e. The molecule has 0 unspecified atom stereocenters. The van der Waals surface area contributed by atoms with E-state index >= 15 is 0 Å². The van der Waals surface area contributed by atoms with Gasteiger partial charge in [0.15, 0.2) is 0 Å². The van der Waals surface area contributed by atoms with Crippen LogP contribution < -0.4 is 5.32 Å². The quantitative estimate of drug-likeness (QED) is 0.821. The Morgan fingerprint density at radius 1 is 1.30 bits per heavy atom. The number of fused-ring (bicyclic) bond motifs is 4. The Morgan fingerprint density at radius 3 is 2.81 bits per heavy atom. The number of hydrogen-bond donors (Lipinski definition) is 1. The molecule has 1 aromatic heterocycles. The van der Waals surface area contributed by atoms with E-state index in [-0.39, 0.29) is 35.5 Å². The van der Waals surface area contributed by atoms with E-state index in [1.165, 1.54) is 7.11 Å². The summed E-state index contributed by atoms with van der Waals surface area (Å²) in [6.07, 6.45) is 1.59. The summed E-state index contributed by atoms with van der Waals surface area (Å²) in [7, 11) is 1.39. The lowest BCUT2D eigenvalue weighted by molar-refractivity contribution is -0.153. The number of nitrogens with zero attached hydrogens (tertiary/aromatic N) is 1. The second-order valence-corrected chi connectivity index (χ2v) is 8.02. The van der Waals surface area contributed by atoms with E-state index < -0.39 is 5.41 Å². The van der Waals surface area contributed by atoms with Crippen molar-refractivity contribution in [3.05, 3.63) is 35.5 Å². The molecule has 6 heteroatoms. The number of esters is 1. The second kappa shape index (κ2) is 5.52. The minimum atomic E-state index is -1.01. The topological polar surface area (TPSA) is 77.4 Å². The molecule has 3 heterocycles. The molecule has 0 amide bonds. The van der Waals surface area contributed by atoms with Crippen molar-refractivity contribution in [2.24, 2.45) is 11.8 Å². The Bertz CT molecular complexity index is 1010. The zero-order chi connectivity index (χ0) is 18.9. The maximum atomic E-state index is 13.4. The van der Waals surface area contributed by atoms with Crippen molar-refractivity contribution in [1.29, 1.82) is 0 Å². The molecular weight excluding hydrogens is 344 g/mol. The SMILES string of the molecule is COC(=O)[C@@]12C[C@@H]3C[C@@H](C(C)=O)[C@@H]1NCCc1c2n(c2ccccc12)C3=O. The predicted molar refractivity (Wildman–Crippen MR) is 98.6 cm³/mol. The van der Waals surface area contributed by atoms with Crippen molar-refractivity contribution < 1.29 is 19.1 Å². The summed E-state index contributed by atoms with van der Waals surface area (Å²) < 4.78 is 7.04. The predicted octanol–water partition coefficient (Wildman–Crippen LogP) is 1.84. The van der Waals surface area contributed by atoms with Gasteiger partial charge in [0.1, 0.15) is 11.2 Å². The number of nitrogens with one attached hydrogen (secondary N) is 1. The first-order valence-electron chi connectivity index (χ1n) is 9.50. The Hall–Kier alpha value is -2.47. The van der Waals surface area contributed by atoms with Gasteiger partial charge in [-0.05, 0) is 44.4 Å². The Kier molecular flexibility index (Phi) is 3.41. The molecule has 140 valence electrons. The van der Waals surface area contributed by atoms with Gasteiger partial charge in [0.05, 0.1) is 12.6 Å². The van der Waals surface area contributed by atoms with Crippen LogP contribution in [0.4, 0.5) is 0 Å². The molecule has 1 aromatic carbocycles. The molecule has 2 bridgehead atoms. The molecule has 1 N–H and O–H groups in total. The lowest BCUT2D eigenvalue weighted by Gasteiger charge is -2.50. The van der Waals surface area contributed by atoms with Crippen molar-refractivity contribution in [2.75, 3.05) is 13.7 Å². The number of para-hydroxylation sites is 1. The van der Waals surface area contributed by atoms with Gasteiger partial charge in [-0.2, -0.15) is 0 Å². The van der Waals surface area contributed by atoms with Crippen LogP contribution in [0.3, 0.4) is 0 Å². The highest BCUT2D eigenvalue weighted by Gasteiger charge is 2.63. The van der Waals surface area contributed by atoms with Crippen molar-refractivity contribution in [2.45, 2.75) is 37.6 Å². The standard InChI is InChI=1S/C21H22N2O4/c1-11(24)15-9-12-10-21(20(26)27-2)17(15)22-8-7-14-13-5-3-4-6-16(13)23(18(14)21)19(12)25/h3-6,12,15,17,22H,7-10H2,1-2H3/t12-,15-,17-,21-/m0/s1. The number of methoxy groups -OCH3 is 1. The lowest BCUT2D eigenvalue weighted by Crippen LogP contribution is -2.65. The summed E-state index contributed by atoms with van der Waals surface area (Å²) in [5, 5.41) is 4.50. The van der Waals surface area contributed by atoms with Crippen molar-refractivity contribution in [3.63, 3.8) is 0 Å². The summed E-state index contributed by atoms with van der Waals surface area (Å²) in [5.74, 6) is -1.06. The van der Waals surface area contributed by atoms with E-state index in [0.29, 0.717) is 25.8 Å². The normalized spacial score (nSPS) is 31.5. The number of benzene rings is 1. The average Bonchev–Trinajstić information content (AvgIpc) is 2.89. The Labute approximate surface area is 156 Å². The maximum Gasteiger partial charge on any atom is 0.319 e. The van der Waals surface area contributed by atoms with Crippen LogP contribution in [-0.4, -0.2) is 41.9 Å². The van der Waals surface area contributed by atoms with Gasteiger partial charge in [-0.1, -0.05) is 18.2 Å². The number of carbonyl (C=O) groups excluding carboxylic acids is 3. The number of rotatable bonds is 2. The molecule has 27 heavy (non-hydrogen) atoms. The fraction of sp³-hybridized carbons (Fsp3) is 0.476. The van der Waals surface area contributed by atoms with Gasteiger partial charge in [0.2, 0.25) is 5.91 Å². The Balaban J connectivity index is 1.93. The monoisotopic (exact) mass is 366 g/mol. The third kappa shape index (κ3) is 1.91. The zero-order valence-corrected chi connectivity index (χ0v) is 15.5. The summed E-state index contributed by atoms with van der Waals surface area (Å²) in [6.45, 7) is 2.22. The van der Waals surface area contributed by atoms with Crippen molar-refractivity contribution >= 4 is 28.6 Å². The van der Waals surface area contributed by atoms with Gasteiger partial charge in [0, 0.05) is 29.0 Å². The van der Waals surface area contributed by atoms with Gasteiger partial charge in [0.25, 0.3) is 0 Å². The van der Waals surface area contributed by atoms with E-state index in [1.807, 2.05) is 24.3 Å². The number of ether oxygens (including phenoxy) is 1. The molecule has 6 nitrogen and oxygen atoms in total. The van der Waals surface area contributed by atoms with Crippen LogP contribution in [-0.2, 0) is 26.2 Å². The van der Waals surface area contributed by atoms with E-state index in [1.54, 1.807) is 11.5 Å². The van der Waals surface area contributed by atoms with Crippen LogP contribution >= 0.6 is 0 Å². The third-order valence-electron chi connectivity index (χ3n) is 6.82. The average molecular weight is 366 g/mol. The van der Waals surface area contributed by atoms with Crippen LogP contribution in [0, 0.1) is 11.8 Å². The first-order valence-corrected chi connectivity index (χ1v) is 9.50. The van der Waals surface area contributed by atoms with E-state index in [2.05, 4.69) is 5.32 Å². The van der Waals surface area contributed by atoms with Crippen LogP contribution in [0.15, 0.2) is 24.3 Å². The summed E-state index contributed by atoms with van der Waals surface area (Å²) in [6, 6.07) is 7.48. The molecule has 1 fully saturated rings. The molecule has 0 spiro atoms. The van der Waals surface area contributed by atoms with Crippen LogP contribution in [0.25, 0.3) is 10.9 Å². The Morgan fingerprint density at radius 2 is 2.07 bits per heavy atom. The zero-order valence-electron chi connectivity index (χ0n) is 15.5. The first-order chi connectivity index (χ1) is 13.0. The molecule has 1 saturated carbocycles. The molecule has 2 aliphatic heterocycles. The van der Waals surface area contributed by atoms with Crippen LogP contribution in [0.5, 0.6) is 0 Å². The van der Waals surface area contributed by atoms with Crippen molar-refractivity contribution in [3.8, 4) is 0 Å². The third-order valence-corrected chi connectivity index (χ3v) is 6.82. The molecule has 5 rings (SSSR count). The summed E-state index contributed by atoms with van der Waals surface area (Å²) in [4.78, 5) is 39.1. The van der Waals surface area contributed by atoms with E-state index in [9.17, 15) is 14.4 Å². The highest BCUT2D eigenvalue weighted by atomic mass is 16.5. The number of Topliss-reactive ketones (excluding diaryl/α,β-unsaturated/α-hetero) is 1. The minimum absolute atomic E-state index is 0.00132. The largest absolute Gasteiger partial charge is 0.468 e. The lowest BCUT2D eigenvalue weighted by atomic mass is 9.57. The number of carbonyl (C=O) groups is 3. The van der Waals surface area contributed by atoms with Gasteiger partial charge < -0.3 is 10.1 Å². The molecule has 4 atom stereocenters. The summed E-state index contributed by atoms with van der Waals surface area (Å²) in [5.41, 5.74) is 1.62. The van der Waals surface area contributed by atoms with Gasteiger partial charge in [-0.3, -0.25) is 19.0 Å². The molecule has 3 aliphatic rings. The van der Waals surface area contributed by atoms with Gasteiger partial charge in [-0.15, -0.1) is 0 Å². The first kappa shape index (κ1) is 16.7. The fourth-order valence-corrected chi connectivity index (χ4v) is 5.82. The molecule has 2 aromatic rings. The van der Waals surface area contributed by atoms with Crippen molar-refractivity contribution in [1.82, 2.24) is 9.88 Å². The maximum absolute atomic E-state index is 13.4.